The minimum absolute atomic E-state index is 0.0129. The van der Waals surface area contributed by atoms with E-state index in [0.29, 0.717) is 12.0 Å². The summed E-state index contributed by atoms with van der Waals surface area (Å²) in [6.45, 7) is 19.4. The summed E-state index contributed by atoms with van der Waals surface area (Å²) in [6.07, 6.45) is 2.52. The van der Waals surface area contributed by atoms with Crippen molar-refractivity contribution in [2.24, 2.45) is 17.3 Å². The first-order chi connectivity index (χ1) is 15.5. The van der Waals surface area contributed by atoms with Crippen LogP contribution in [0.4, 0.5) is 0 Å². The maximum absolute atomic E-state index is 13.8. The van der Waals surface area contributed by atoms with Gasteiger partial charge in [0.05, 0.1) is 6.04 Å². The first-order valence-electron chi connectivity index (χ1n) is 12.4. The van der Waals surface area contributed by atoms with Gasteiger partial charge in [0, 0.05) is 18.4 Å². The largest absolute Gasteiger partial charge is 0.344 e. The number of ketones is 1. The number of nitrogens with one attached hydrogen (secondary N) is 1. The lowest BCUT2D eigenvalue weighted by Gasteiger charge is -2.39. The van der Waals surface area contributed by atoms with E-state index in [1.807, 2.05) is 78.0 Å². The van der Waals surface area contributed by atoms with Gasteiger partial charge in [-0.3, -0.25) is 14.4 Å². The minimum Gasteiger partial charge on any atom is -0.344 e. The van der Waals surface area contributed by atoms with Crippen molar-refractivity contribution in [1.82, 2.24) is 10.2 Å². The highest BCUT2D eigenvalue weighted by Gasteiger charge is 2.41. The van der Waals surface area contributed by atoms with Gasteiger partial charge in [-0.2, -0.15) is 0 Å². The standard InChI is InChI=1S/C29H46N2O3/c1-12-23(29(9,10)22-16-14-13-15-17-22)26(33)30-25(28(6,7)8)27(34)31(11)24(19(2)3)18-20(4)21(5)32/h13-19,23-25H,12H2,1-11H3,(H,30,33)/b20-18+/t23-,24-,25-/m1/s1. The summed E-state index contributed by atoms with van der Waals surface area (Å²) in [6, 6.07) is 9.10. The molecule has 0 saturated heterocycles. The van der Waals surface area contributed by atoms with E-state index < -0.39 is 11.5 Å². The fourth-order valence-electron chi connectivity index (χ4n) is 4.46. The Hall–Kier alpha value is -2.43. The second-order valence-electron chi connectivity index (χ2n) is 11.4. The van der Waals surface area contributed by atoms with Crippen molar-refractivity contribution < 1.29 is 14.4 Å². The third kappa shape index (κ3) is 7.28. The van der Waals surface area contributed by atoms with Gasteiger partial charge in [-0.1, -0.05) is 91.8 Å². The van der Waals surface area contributed by atoms with E-state index in [9.17, 15) is 14.4 Å². The number of Topliss-reactive ketones (excluding diaryl/α,β-unsaturated/α-hetero) is 1. The molecule has 5 heteroatoms. The van der Waals surface area contributed by atoms with E-state index in [2.05, 4.69) is 19.2 Å². The molecule has 0 unspecified atom stereocenters. The van der Waals surface area contributed by atoms with E-state index >= 15 is 0 Å². The zero-order valence-electron chi connectivity index (χ0n) is 23.2. The third-order valence-electron chi connectivity index (χ3n) is 6.97. The summed E-state index contributed by atoms with van der Waals surface area (Å²) in [5, 5.41) is 3.12. The Balaban J connectivity index is 3.29. The van der Waals surface area contributed by atoms with Crippen LogP contribution in [0.3, 0.4) is 0 Å². The molecule has 0 spiro atoms. The highest BCUT2D eigenvalue weighted by atomic mass is 16.2. The van der Waals surface area contributed by atoms with Gasteiger partial charge < -0.3 is 10.2 Å². The first-order valence-corrected chi connectivity index (χ1v) is 12.4. The van der Waals surface area contributed by atoms with Crippen LogP contribution < -0.4 is 5.32 Å². The highest BCUT2D eigenvalue weighted by molar-refractivity contribution is 5.93. The Bertz CT molecular complexity index is 878. The zero-order valence-corrected chi connectivity index (χ0v) is 23.2. The number of amides is 2. The van der Waals surface area contributed by atoms with Gasteiger partial charge >= 0.3 is 0 Å². The maximum atomic E-state index is 13.8. The molecule has 0 saturated carbocycles. The summed E-state index contributed by atoms with van der Waals surface area (Å²) >= 11 is 0. The molecule has 0 bridgehead atoms. The number of carbonyl (C=O) groups excluding carboxylic acids is 3. The van der Waals surface area contributed by atoms with Crippen LogP contribution >= 0.6 is 0 Å². The van der Waals surface area contributed by atoms with E-state index in [1.54, 1.807) is 18.9 Å². The number of rotatable bonds is 10. The van der Waals surface area contributed by atoms with Crippen molar-refractivity contribution in [3.8, 4) is 0 Å². The minimum atomic E-state index is -0.696. The van der Waals surface area contributed by atoms with Gasteiger partial charge in [0.1, 0.15) is 6.04 Å². The fourth-order valence-corrected chi connectivity index (χ4v) is 4.46. The summed E-state index contributed by atoms with van der Waals surface area (Å²) in [4.78, 5) is 40.9. The highest BCUT2D eigenvalue weighted by Crippen LogP contribution is 2.34. The van der Waals surface area contributed by atoms with Crippen molar-refractivity contribution in [3.63, 3.8) is 0 Å². The number of benzene rings is 1. The van der Waals surface area contributed by atoms with Gasteiger partial charge in [-0.25, -0.2) is 0 Å². The summed E-state index contributed by atoms with van der Waals surface area (Å²) in [5.41, 5.74) is 0.846. The van der Waals surface area contributed by atoms with Crippen molar-refractivity contribution in [2.75, 3.05) is 7.05 Å². The van der Waals surface area contributed by atoms with Crippen molar-refractivity contribution >= 4 is 17.6 Å². The topological polar surface area (TPSA) is 66.5 Å². The van der Waals surface area contributed by atoms with Gasteiger partial charge in [0.25, 0.3) is 0 Å². The van der Waals surface area contributed by atoms with Gasteiger partial charge in [-0.05, 0) is 42.7 Å². The van der Waals surface area contributed by atoms with E-state index in [0.717, 1.165) is 5.56 Å². The third-order valence-corrected chi connectivity index (χ3v) is 6.97. The van der Waals surface area contributed by atoms with E-state index in [1.165, 1.54) is 6.92 Å². The zero-order chi connectivity index (χ0) is 26.4. The summed E-state index contributed by atoms with van der Waals surface area (Å²) in [7, 11) is 1.76. The van der Waals surface area contributed by atoms with Crippen LogP contribution in [0.1, 0.15) is 81.2 Å². The molecule has 1 aromatic rings. The Morgan fingerprint density at radius 1 is 1.00 bits per heavy atom. The second kappa shape index (κ2) is 11.8. The quantitative estimate of drug-likeness (QED) is 0.457. The average Bonchev–Trinajstić information content (AvgIpc) is 2.74. The van der Waals surface area contributed by atoms with Gasteiger partial charge in [-0.15, -0.1) is 0 Å². The number of nitrogens with zero attached hydrogens (tertiary/aromatic N) is 1. The Morgan fingerprint density at radius 3 is 1.94 bits per heavy atom. The SMILES string of the molecule is CC[C@H](C(=O)N[C@H](C(=O)N(C)[C@H](/C=C(\C)C(C)=O)C(C)C)C(C)(C)C)C(C)(C)c1ccccc1. The molecule has 5 nitrogen and oxygen atoms in total. The lowest BCUT2D eigenvalue weighted by molar-refractivity contribution is -0.141. The predicted molar refractivity (Wildman–Crippen MR) is 140 cm³/mol. The molecule has 0 radical (unpaired) electrons. The van der Waals surface area contributed by atoms with Crippen molar-refractivity contribution in [2.45, 2.75) is 93.2 Å². The molecule has 0 aliphatic carbocycles. The number of likely N-dealkylation sites (N-methyl/N-ethyl adjacent to an activating group) is 1. The molecular weight excluding hydrogens is 424 g/mol. The number of allylic oxidation sites excluding steroid dienone is 1. The molecule has 0 aliphatic heterocycles. The summed E-state index contributed by atoms with van der Waals surface area (Å²) in [5.74, 6) is -0.464. The number of hydrogen-bond acceptors (Lipinski definition) is 3. The fraction of sp³-hybridized carbons (Fsp3) is 0.621. The molecule has 2 amide bonds. The average molecular weight is 471 g/mol. The molecule has 0 aromatic heterocycles. The van der Waals surface area contributed by atoms with Crippen LogP contribution in [0.25, 0.3) is 0 Å². The molecule has 1 rings (SSSR count). The predicted octanol–water partition coefficient (Wildman–Crippen LogP) is 5.54. The molecule has 0 heterocycles. The molecule has 0 fully saturated rings. The normalized spacial score (nSPS) is 15.5. The van der Waals surface area contributed by atoms with Crippen LogP contribution in [-0.2, 0) is 19.8 Å². The molecule has 1 N–H and O–H groups in total. The lowest BCUT2D eigenvalue weighted by Crippen LogP contribution is -2.58. The first kappa shape index (κ1) is 29.6. The van der Waals surface area contributed by atoms with Crippen LogP contribution in [-0.4, -0.2) is 41.6 Å². The Kier molecular flexibility index (Phi) is 10.3. The summed E-state index contributed by atoms with van der Waals surface area (Å²) < 4.78 is 0. The molecule has 0 aliphatic rings. The maximum Gasteiger partial charge on any atom is 0.245 e. The van der Waals surface area contributed by atoms with E-state index in [4.69, 9.17) is 0 Å². The van der Waals surface area contributed by atoms with Gasteiger partial charge in [0.2, 0.25) is 11.8 Å². The van der Waals surface area contributed by atoms with Crippen LogP contribution in [0, 0.1) is 17.3 Å². The monoisotopic (exact) mass is 470 g/mol. The number of carbonyl (C=O) groups is 3. The smallest absolute Gasteiger partial charge is 0.245 e. The molecule has 190 valence electrons. The molecular formula is C29H46N2O3. The van der Waals surface area contributed by atoms with Crippen LogP contribution in [0.5, 0.6) is 0 Å². The second-order valence-corrected chi connectivity index (χ2v) is 11.4. The number of hydrogen-bond donors (Lipinski definition) is 1. The van der Waals surface area contributed by atoms with Crippen molar-refractivity contribution in [3.05, 3.63) is 47.5 Å². The van der Waals surface area contributed by atoms with Crippen LogP contribution in [0.2, 0.25) is 0 Å². The lowest BCUT2D eigenvalue weighted by atomic mass is 9.71. The molecule has 3 atom stereocenters. The van der Waals surface area contributed by atoms with Gasteiger partial charge in [0.15, 0.2) is 5.78 Å². The van der Waals surface area contributed by atoms with Crippen LogP contribution in [0.15, 0.2) is 42.0 Å². The van der Waals surface area contributed by atoms with E-state index in [-0.39, 0.29) is 40.9 Å². The van der Waals surface area contributed by atoms with Crippen molar-refractivity contribution in [1.29, 1.82) is 0 Å². The molecule has 1 aromatic carbocycles. The Morgan fingerprint density at radius 2 is 1.53 bits per heavy atom. The Labute approximate surface area is 207 Å². The molecule has 34 heavy (non-hydrogen) atoms.